The Morgan fingerprint density at radius 1 is 1.48 bits per heavy atom. The summed E-state index contributed by atoms with van der Waals surface area (Å²) in [4.78, 5) is 16.2. The van der Waals surface area contributed by atoms with Crippen molar-refractivity contribution >= 4 is 23.2 Å². The molecule has 2 aromatic rings. The first-order chi connectivity index (χ1) is 9.90. The monoisotopic (exact) mass is 308 g/mol. The van der Waals surface area contributed by atoms with Crippen LogP contribution in [0.3, 0.4) is 0 Å². The Labute approximate surface area is 127 Å². The van der Waals surface area contributed by atoms with Crippen LogP contribution in [0.1, 0.15) is 50.9 Å². The maximum atomic E-state index is 12.0. The molecule has 0 aliphatic rings. The molecule has 2 amide bonds. The van der Waals surface area contributed by atoms with Gasteiger partial charge in [-0.2, -0.15) is 0 Å². The van der Waals surface area contributed by atoms with Gasteiger partial charge in [0.05, 0.1) is 6.04 Å². The summed E-state index contributed by atoms with van der Waals surface area (Å²) in [5.74, 6) is 1.14. The summed E-state index contributed by atoms with van der Waals surface area (Å²) in [7, 11) is 0. The Morgan fingerprint density at radius 2 is 2.24 bits per heavy atom. The number of hydrogen-bond donors (Lipinski definition) is 2. The smallest absolute Gasteiger partial charge is 0.321 e. The molecule has 0 spiro atoms. The van der Waals surface area contributed by atoms with Gasteiger partial charge in [0.25, 0.3) is 0 Å². The summed E-state index contributed by atoms with van der Waals surface area (Å²) in [6, 6.07) is 1.33. The molecule has 21 heavy (non-hydrogen) atoms. The van der Waals surface area contributed by atoms with Crippen LogP contribution in [0.15, 0.2) is 22.2 Å². The van der Waals surface area contributed by atoms with Gasteiger partial charge in [0.15, 0.2) is 5.82 Å². The number of rotatable bonds is 4. The zero-order valence-electron chi connectivity index (χ0n) is 12.6. The lowest BCUT2D eigenvalue weighted by Gasteiger charge is -2.14. The van der Waals surface area contributed by atoms with Crippen molar-refractivity contribution in [2.75, 3.05) is 5.32 Å². The first kappa shape index (κ1) is 15.5. The number of urea groups is 1. The Bertz CT molecular complexity index is 586. The molecule has 1 unspecified atom stereocenters. The number of carbonyl (C=O) groups excluding carboxylic acids is 1. The summed E-state index contributed by atoms with van der Waals surface area (Å²) in [6.45, 7) is 8.06. The van der Waals surface area contributed by atoms with E-state index in [0.717, 1.165) is 17.2 Å². The molecule has 2 rings (SSSR count). The summed E-state index contributed by atoms with van der Waals surface area (Å²) < 4.78 is 5.23. The second-order valence-electron chi connectivity index (χ2n) is 5.76. The molecule has 0 aliphatic heterocycles. The SMILES string of the molecule is CCC(NC(=O)Nc1cc(C(C)(C)C)on1)c1nccs1. The van der Waals surface area contributed by atoms with Crippen LogP contribution >= 0.6 is 11.3 Å². The van der Waals surface area contributed by atoms with Gasteiger partial charge in [-0.3, -0.25) is 5.32 Å². The van der Waals surface area contributed by atoms with Crippen molar-refractivity contribution in [3.8, 4) is 0 Å². The molecule has 6 nitrogen and oxygen atoms in total. The summed E-state index contributed by atoms with van der Waals surface area (Å²) >= 11 is 1.52. The average molecular weight is 308 g/mol. The fourth-order valence-corrected chi connectivity index (χ4v) is 2.52. The maximum absolute atomic E-state index is 12.0. The topological polar surface area (TPSA) is 80.0 Å². The van der Waals surface area contributed by atoms with Crippen molar-refractivity contribution in [1.29, 1.82) is 0 Å². The van der Waals surface area contributed by atoms with Crippen LogP contribution < -0.4 is 10.6 Å². The van der Waals surface area contributed by atoms with E-state index in [2.05, 4.69) is 20.8 Å². The molecule has 2 N–H and O–H groups in total. The van der Waals surface area contributed by atoms with Gasteiger partial charge >= 0.3 is 6.03 Å². The second-order valence-corrected chi connectivity index (χ2v) is 6.68. The molecule has 114 valence electrons. The highest BCUT2D eigenvalue weighted by Gasteiger charge is 2.21. The summed E-state index contributed by atoms with van der Waals surface area (Å²) in [5, 5.41) is 12.2. The van der Waals surface area contributed by atoms with Crippen molar-refractivity contribution in [1.82, 2.24) is 15.5 Å². The molecule has 7 heteroatoms. The molecular formula is C14H20N4O2S. The number of hydrogen-bond acceptors (Lipinski definition) is 5. The molecule has 2 heterocycles. The van der Waals surface area contributed by atoms with Crippen LogP contribution in [-0.2, 0) is 5.41 Å². The van der Waals surface area contributed by atoms with Crippen LogP contribution in [0.25, 0.3) is 0 Å². The minimum atomic E-state index is -0.314. The molecule has 2 aromatic heterocycles. The van der Waals surface area contributed by atoms with E-state index >= 15 is 0 Å². The van der Waals surface area contributed by atoms with E-state index in [1.54, 1.807) is 12.3 Å². The second kappa shape index (κ2) is 6.26. The lowest BCUT2D eigenvalue weighted by Crippen LogP contribution is -2.32. The number of anilines is 1. The number of carbonyl (C=O) groups is 1. The third-order valence-corrected chi connectivity index (χ3v) is 3.84. The number of nitrogens with zero attached hydrogens (tertiary/aromatic N) is 2. The fraction of sp³-hybridized carbons (Fsp3) is 0.500. The Kier molecular flexibility index (Phi) is 4.62. The van der Waals surface area contributed by atoms with Gasteiger partial charge in [0.2, 0.25) is 0 Å². The Morgan fingerprint density at radius 3 is 2.76 bits per heavy atom. The number of thiazole rings is 1. The quantitative estimate of drug-likeness (QED) is 0.902. The van der Waals surface area contributed by atoms with Gasteiger partial charge in [-0.15, -0.1) is 11.3 Å². The Balaban J connectivity index is 1.97. The minimum absolute atomic E-state index is 0.0982. The standard InChI is InChI=1S/C14H20N4O2S/c1-5-9(12-15-6-7-21-12)16-13(19)17-11-8-10(20-18-11)14(2,3)4/h6-9H,5H2,1-4H3,(H2,16,17,18,19). The molecule has 0 fully saturated rings. The molecule has 0 bridgehead atoms. The van der Waals surface area contributed by atoms with E-state index < -0.39 is 0 Å². The molecular weight excluding hydrogens is 288 g/mol. The van der Waals surface area contributed by atoms with Crippen molar-refractivity contribution in [3.05, 3.63) is 28.4 Å². The minimum Gasteiger partial charge on any atom is -0.359 e. The van der Waals surface area contributed by atoms with Crippen molar-refractivity contribution < 1.29 is 9.32 Å². The van der Waals surface area contributed by atoms with Crippen LogP contribution in [0, 0.1) is 0 Å². The zero-order chi connectivity index (χ0) is 15.5. The van der Waals surface area contributed by atoms with Crippen molar-refractivity contribution in [2.45, 2.75) is 45.6 Å². The van der Waals surface area contributed by atoms with Gasteiger partial charge in [-0.1, -0.05) is 32.9 Å². The van der Waals surface area contributed by atoms with Crippen LogP contribution in [0.2, 0.25) is 0 Å². The van der Waals surface area contributed by atoms with Crippen LogP contribution in [0.4, 0.5) is 10.6 Å². The lowest BCUT2D eigenvalue weighted by molar-refractivity contribution is 0.248. The van der Waals surface area contributed by atoms with Gasteiger partial charge < -0.3 is 9.84 Å². The van der Waals surface area contributed by atoms with E-state index in [0.29, 0.717) is 5.82 Å². The third kappa shape index (κ3) is 4.04. The summed E-state index contributed by atoms with van der Waals surface area (Å²) in [6.07, 6.45) is 2.50. The third-order valence-electron chi connectivity index (χ3n) is 2.95. The lowest BCUT2D eigenvalue weighted by atomic mass is 9.93. The van der Waals surface area contributed by atoms with E-state index in [-0.39, 0.29) is 17.5 Å². The molecule has 0 saturated heterocycles. The molecule has 0 aromatic carbocycles. The summed E-state index contributed by atoms with van der Waals surface area (Å²) in [5.41, 5.74) is -0.143. The van der Waals surface area contributed by atoms with Gasteiger partial charge in [-0.05, 0) is 6.42 Å². The van der Waals surface area contributed by atoms with E-state index in [4.69, 9.17) is 4.52 Å². The van der Waals surface area contributed by atoms with Crippen LogP contribution in [0.5, 0.6) is 0 Å². The van der Waals surface area contributed by atoms with Crippen LogP contribution in [-0.4, -0.2) is 16.2 Å². The molecule has 0 aliphatic carbocycles. The normalized spacial score (nSPS) is 13.0. The predicted octanol–water partition coefficient (Wildman–Crippen LogP) is 3.70. The van der Waals surface area contributed by atoms with E-state index in [1.807, 2.05) is 33.1 Å². The number of aromatic nitrogens is 2. The predicted molar refractivity (Wildman–Crippen MR) is 82.5 cm³/mol. The maximum Gasteiger partial charge on any atom is 0.321 e. The molecule has 0 saturated carbocycles. The number of nitrogens with one attached hydrogen (secondary N) is 2. The van der Waals surface area contributed by atoms with Crippen molar-refractivity contribution in [2.24, 2.45) is 0 Å². The molecule has 1 atom stereocenters. The first-order valence-electron chi connectivity index (χ1n) is 6.84. The first-order valence-corrected chi connectivity index (χ1v) is 7.72. The largest absolute Gasteiger partial charge is 0.359 e. The zero-order valence-corrected chi connectivity index (χ0v) is 13.5. The van der Waals surface area contributed by atoms with Crippen molar-refractivity contribution in [3.63, 3.8) is 0 Å². The van der Waals surface area contributed by atoms with E-state index in [9.17, 15) is 4.79 Å². The van der Waals surface area contributed by atoms with Gasteiger partial charge in [0, 0.05) is 23.1 Å². The average Bonchev–Trinajstić information content (AvgIpc) is 3.05. The van der Waals surface area contributed by atoms with E-state index in [1.165, 1.54) is 11.3 Å². The number of amides is 2. The van der Waals surface area contributed by atoms with Gasteiger partial charge in [-0.25, -0.2) is 9.78 Å². The highest BCUT2D eigenvalue weighted by atomic mass is 32.1. The highest BCUT2D eigenvalue weighted by molar-refractivity contribution is 7.09. The van der Waals surface area contributed by atoms with Gasteiger partial charge in [0.1, 0.15) is 10.8 Å². The Hall–Kier alpha value is -1.89. The molecule has 0 radical (unpaired) electrons. The fourth-order valence-electron chi connectivity index (χ4n) is 1.74. The highest BCUT2D eigenvalue weighted by Crippen LogP contribution is 2.24.